The Morgan fingerprint density at radius 1 is 1.03 bits per heavy atom. The number of nitrogens with one attached hydrogen (secondary N) is 1. The number of carboxylic acid groups (broad SMARTS) is 1. The van der Waals surface area contributed by atoms with E-state index in [2.05, 4.69) is 5.32 Å². The number of nitrogens with zero attached hydrogens (tertiary/aromatic N) is 1. The summed E-state index contributed by atoms with van der Waals surface area (Å²) in [4.78, 5) is 38.1. The Labute approximate surface area is 228 Å². The van der Waals surface area contributed by atoms with Crippen molar-refractivity contribution in [3.63, 3.8) is 0 Å². The van der Waals surface area contributed by atoms with Gasteiger partial charge >= 0.3 is 5.97 Å². The van der Waals surface area contributed by atoms with Gasteiger partial charge in [0.1, 0.15) is 12.2 Å². The number of carbonyl (C=O) groups excluding carboxylic acids is 2. The Morgan fingerprint density at radius 3 is 2.19 bits per heavy atom. The van der Waals surface area contributed by atoms with E-state index in [1.54, 1.807) is 24.3 Å². The van der Waals surface area contributed by atoms with Gasteiger partial charge in [0.25, 0.3) is 11.8 Å². The Hall–Kier alpha value is -3.72. The first-order chi connectivity index (χ1) is 17.7. The van der Waals surface area contributed by atoms with E-state index in [-0.39, 0.29) is 38.7 Å². The van der Waals surface area contributed by atoms with Crippen molar-refractivity contribution in [2.75, 3.05) is 4.90 Å². The summed E-state index contributed by atoms with van der Waals surface area (Å²) < 4.78 is 5.75. The standard InChI is InChI=1S/C27H20Cl2N2O5S/c1-2-15-5-9-19(10-6-15)31-25(33)20(24(32)30-27(31)37)11-17-12-21(28)23(22(29)13-17)36-14-16-3-7-18(8-4-16)26(34)35/h3-13H,2,14H2,1H3,(H,34,35)(H,30,32,37)/b20-11+. The summed E-state index contributed by atoms with van der Waals surface area (Å²) in [6.45, 7) is 2.13. The second kappa shape index (κ2) is 11.1. The zero-order valence-corrected chi connectivity index (χ0v) is 21.8. The molecule has 7 nitrogen and oxygen atoms in total. The summed E-state index contributed by atoms with van der Waals surface area (Å²) in [5.41, 5.74) is 2.80. The van der Waals surface area contributed by atoms with Crippen LogP contribution in [0.1, 0.15) is 34.0 Å². The highest BCUT2D eigenvalue weighted by Crippen LogP contribution is 2.36. The van der Waals surface area contributed by atoms with E-state index >= 15 is 0 Å². The van der Waals surface area contributed by atoms with Crippen LogP contribution in [-0.2, 0) is 22.6 Å². The zero-order valence-electron chi connectivity index (χ0n) is 19.5. The number of carbonyl (C=O) groups is 3. The van der Waals surface area contributed by atoms with Gasteiger partial charge in [-0.3, -0.25) is 19.8 Å². The number of aromatic carboxylic acids is 1. The second-order valence-electron chi connectivity index (χ2n) is 8.08. The summed E-state index contributed by atoms with van der Waals surface area (Å²) in [6.07, 6.45) is 2.23. The van der Waals surface area contributed by atoms with E-state index in [4.69, 9.17) is 45.3 Å². The molecule has 2 amide bonds. The van der Waals surface area contributed by atoms with E-state index < -0.39 is 17.8 Å². The van der Waals surface area contributed by atoms with Crippen LogP contribution in [0.25, 0.3) is 6.08 Å². The summed E-state index contributed by atoms with van der Waals surface area (Å²) in [5, 5.41) is 11.9. The van der Waals surface area contributed by atoms with Gasteiger partial charge in [0.2, 0.25) is 0 Å². The van der Waals surface area contributed by atoms with Gasteiger partial charge in [-0.1, -0.05) is 54.4 Å². The maximum absolute atomic E-state index is 13.2. The molecule has 188 valence electrons. The van der Waals surface area contributed by atoms with Crippen molar-refractivity contribution in [1.82, 2.24) is 5.32 Å². The van der Waals surface area contributed by atoms with E-state index in [0.29, 0.717) is 11.3 Å². The average Bonchev–Trinajstić information content (AvgIpc) is 2.86. The molecule has 1 saturated heterocycles. The molecule has 0 aromatic heterocycles. The van der Waals surface area contributed by atoms with E-state index in [1.165, 1.54) is 35.2 Å². The molecule has 2 N–H and O–H groups in total. The van der Waals surface area contributed by atoms with Crippen LogP contribution in [-0.4, -0.2) is 28.0 Å². The van der Waals surface area contributed by atoms with Gasteiger partial charge in [0.05, 0.1) is 21.3 Å². The van der Waals surface area contributed by atoms with Crippen molar-refractivity contribution in [2.24, 2.45) is 0 Å². The third kappa shape index (κ3) is 5.83. The molecule has 0 atom stereocenters. The number of thiocarbonyl (C=S) groups is 1. The molecule has 3 aromatic carbocycles. The van der Waals surface area contributed by atoms with Crippen molar-refractivity contribution in [3.8, 4) is 5.75 Å². The number of carboxylic acids is 1. The van der Waals surface area contributed by atoms with Crippen LogP contribution in [0.5, 0.6) is 5.75 Å². The van der Waals surface area contributed by atoms with Crippen LogP contribution in [0.15, 0.2) is 66.2 Å². The fourth-order valence-corrected chi connectivity index (χ4v) is 4.53. The van der Waals surface area contributed by atoms with Gasteiger partial charge in [-0.05, 0) is 77.8 Å². The molecule has 1 aliphatic heterocycles. The van der Waals surface area contributed by atoms with Gasteiger partial charge in [-0.15, -0.1) is 0 Å². The fourth-order valence-electron chi connectivity index (χ4n) is 3.64. The van der Waals surface area contributed by atoms with Gasteiger partial charge in [0.15, 0.2) is 10.9 Å². The maximum atomic E-state index is 13.2. The number of hydrogen-bond acceptors (Lipinski definition) is 5. The van der Waals surface area contributed by atoms with Gasteiger partial charge in [-0.2, -0.15) is 0 Å². The van der Waals surface area contributed by atoms with Crippen molar-refractivity contribution in [3.05, 3.63) is 98.5 Å². The number of benzene rings is 3. The van der Waals surface area contributed by atoms with Crippen molar-refractivity contribution in [2.45, 2.75) is 20.0 Å². The zero-order chi connectivity index (χ0) is 26.7. The third-order valence-electron chi connectivity index (χ3n) is 5.62. The number of hydrogen-bond donors (Lipinski definition) is 2. The molecular weight excluding hydrogens is 535 g/mol. The van der Waals surface area contributed by atoms with Gasteiger partial charge in [-0.25, -0.2) is 4.79 Å². The Balaban J connectivity index is 1.56. The molecule has 0 radical (unpaired) electrons. The first-order valence-electron chi connectivity index (χ1n) is 11.1. The Kier molecular flexibility index (Phi) is 7.92. The number of ether oxygens (including phenoxy) is 1. The van der Waals surface area contributed by atoms with E-state index in [9.17, 15) is 14.4 Å². The third-order valence-corrected chi connectivity index (χ3v) is 6.47. The highest BCUT2D eigenvalue weighted by Gasteiger charge is 2.34. The predicted octanol–water partition coefficient (Wildman–Crippen LogP) is 5.66. The lowest BCUT2D eigenvalue weighted by molar-refractivity contribution is -0.122. The molecule has 0 spiro atoms. The highest BCUT2D eigenvalue weighted by molar-refractivity contribution is 7.80. The lowest BCUT2D eigenvalue weighted by Crippen LogP contribution is -2.54. The van der Waals surface area contributed by atoms with Crippen molar-refractivity contribution >= 4 is 70.1 Å². The lowest BCUT2D eigenvalue weighted by atomic mass is 10.1. The number of aryl methyl sites for hydroxylation is 1. The summed E-state index contributed by atoms with van der Waals surface area (Å²) in [6, 6.07) is 16.6. The minimum Gasteiger partial charge on any atom is -0.486 e. The minimum absolute atomic E-state index is 0.00685. The van der Waals surface area contributed by atoms with Crippen molar-refractivity contribution < 1.29 is 24.2 Å². The second-order valence-corrected chi connectivity index (χ2v) is 9.28. The normalized spacial score (nSPS) is 14.6. The quantitative estimate of drug-likeness (QED) is 0.222. The van der Waals surface area contributed by atoms with Crippen LogP contribution in [0.3, 0.4) is 0 Å². The lowest BCUT2D eigenvalue weighted by Gasteiger charge is -2.29. The molecule has 0 unspecified atom stereocenters. The number of amides is 2. The van der Waals surface area contributed by atoms with E-state index in [1.807, 2.05) is 19.1 Å². The van der Waals surface area contributed by atoms with Crippen LogP contribution >= 0.6 is 35.4 Å². The predicted molar refractivity (Wildman–Crippen MR) is 146 cm³/mol. The van der Waals surface area contributed by atoms with Crippen LogP contribution in [0.2, 0.25) is 10.0 Å². The molecule has 3 aromatic rings. The molecular formula is C27H20Cl2N2O5S. The highest BCUT2D eigenvalue weighted by atomic mass is 35.5. The van der Waals surface area contributed by atoms with Crippen LogP contribution in [0, 0.1) is 0 Å². The van der Waals surface area contributed by atoms with Gasteiger partial charge < -0.3 is 9.84 Å². The largest absolute Gasteiger partial charge is 0.486 e. The van der Waals surface area contributed by atoms with Crippen LogP contribution < -0.4 is 15.0 Å². The van der Waals surface area contributed by atoms with Crippen molar-refractivity contribution in [1.29, 1.82) is 0 Å². The van der Waals surface area contributed by atoms with Gasteiger partial charge in [0, 0.05) is 0 Å². The molecule has 4 rings (SSSR count). The maximum Gasteiger partial charge on any atom is 0.335 e. The molecule has 1 aliphatic rings. The molecule has 10 heteroatoms. The topological polar surface area (TPSA) is 95.9 Å². The smallest absolute Gasteiger partial charge is 0.335 e. The molecule has 0 bridgehead atoms. The molecule has 37 heavy (non-hydrogen) atoms. The molecule has 1 heterocycles. The van der Waals surface area contributed by atoms with E-state index in [0.717, 1.165) is 17.5 Å². The summed E-state index contributed by atoms with van der Waals surface area (Å²) in [5.74, 6) is -2.01. The number of anilines is 1. The minimum atomic E-state index is -1.02. The molecule has 0 saturated carbocycles. The molecule has 1 fully saturated rings. The SMILES string of the molecule is CCc1ccc(N2C(=O)/C(=C/c3cc(Cl)c(OCc4ccc(C(=O)O)cc4)c(Cl)c3)C(=O)NC2=S)cc1. The van der Waals surface area contributed by atoms with Crippen LogP contribution in [0.4, 0.5) is 5.69 Å². The first kappa shape index (κ1) is 26.3. The average molecular weight is 555 g/mol. The fraction of sp³-hybridized carbons (Fsp3) is 0.111. The first-order valence-corrected chi connectivity index (χ1v) is 12.3. The summed E-state index contributed by atoms with van der Waals surface area (Å²) in [7, 11) is 0. The summed E-state index contributed by atoms with van der Waals surface area (Å²) >= 11 is 18.1. The monoisotopic (exact) mass is 554 g/mol. The number of rotatable bonds is 7. The molecule has 0 aliphatic carbocycles. The number of halogens is 2. The Bertz CT molecular complexity index is 1410. The Morgan fingerprint density at radius 2 is 1.62 bits per heavy atom.